The van der Waals surface area contributed by atoms with Crippen molar-refractivity contribution in [3.05, 3.63) is 70.8 Å². The van der Waals surface area contributed by atoms with Crippen molar-refractivity contribution in [2.24, 2.45) is 5.92 Å². The van der Waals surface area contributed by atoms with Crippen LogP contribution in [0.1, 0.15) is 46.4 Å². The van der Waals surface area contributed by atoms with Gasteiger partial charge in [-0.05, 0) is 30.9 Å². The molecule has 118 valence electrons. The molecule has 0 radical (unpaired) electrons. The number of hydrogen-bond acceptors (Lipinski definition) is 2. The maximum atomic E-state index is 12.9. The van der Waals surface area contributed by atoms with Crippen LogP contribution in [-0.2, 0) is 11.2 Å². The highest BCUT2D eigenvalue weighted by atomic mass is 16.1. The van der Waals surface area contributed by atoms with E-state index in [0.717, 1.165) is 35.1 Å². The summed E-state index contributed by atoms with van der Waals surface area (Å²) in [5.74, 6) is -0.190. The molecule has 0 spiro atoms. The van der Waals surface area contributed by atoms with Crippen molar-refractivity contribution >= 4 is 11.7 Å². The molecule has 2 unspecified atom stereocenters. The fraction of sp³-hybridized carbons (Fsp3) is 0.300. The van der Waals surface area contributed by atoms with E-state index in [2.05, 4.69) is 5.32 Å². The van der Waals surface area contributed by atoms with Gasteiger partial charge in [0.1, 0.15) is 0 Å². The van der Waals surface area contributed by atoms with E-state index in [4.69, 9.17) is 0 Å². The van der Waals surface area contributed by atoms with Gasteiger partial charge in [0.25, 0.3) is 0 Å². The van der Waals surface area contributed by atoms with Crippen LogP contribution in [0.2, 0.25) is 0 Å². The molecule has 3 heteroatoms. The summed E-state index contributed by atoms with van der Waals surface area (Å²) in [6, 6.07) is 15.6. The molecule has 3 rings (SSSR count). The van der Waals surface area contributed by atoms with Crippen LogP contribution in [-0.4, -0.2) is 11.7 Å². The van der Waals surface area contributed by atoms with Gasteiger partial charge in [0, 0.05) is 18.4 Å². The molecule has 0 fully saturated rings. The van der Waals surface area contributed by atoms with Crippen molar-refractivity contribution in [3.8, 4) is 0 Å². The molecule has 0 saturated heterocycles. The van der Waals surface area contributed by atoms with Gasteiger partial charge in [0.15, 0.2) is 5.78 Å². The van der Waals surface area contributed by atoms with Crippen LogP contribution in [0.5, 0.6) is 0 Å². The maximum absolute atomic E-state index is 12.9. The van der Waals surface area contributed by atoms with E-state index in [1.165, 1.54) is 6.92 Å². The van der Waals surface area contributed by atoms with E-state index in [1.807, 2.05) is 55.5 Å². The first kappa shape index (κ1) is 15.5. The van der Waals surface area contributed by atoms with Crippen molar-refractivity contribution in [2.75, 3.05) is 0 Å². The lowest BCUT2D eigenvalue weighted by molar-refractivity contribution is -0.120. The fourth-order valence-electron chi connectivity index (χ4n) is 3.35. The average molecular weight is 307 g/mol. The average Bonchev–Trinajstić information content (AvgIpc) is 2.54. The van der Waals surface area contributed by atoms with E-state index in [0.29, 0.717) is 0 Å². The minimum absolute atomic E-state index is 0.109. The Hall–Kier alpha value is -2.42. The Morgan fingerprint density at radius 3 is 2.52 bits per heavy atom. The quantitative estimate of drug-likeness (QED) is 0.941. The Labute approximate surface area is 136 Å². The third-order valence-electron chi connectivity index (χ3n) is 4.54. The van der Waals surface area contributed by atoms with Crippen molar-refractivity contribution in [1.82, 2.24) is 5.32 Å². The van der Waals surface area contributed by atoms with Gasteiger partial charge in [-0.15, -0.1) is 0 Å². The third kappa shape index (κ3) is 3.19. The van der Waals surface area contributed by atoms with Crippen LogP contribution >= 0.6 is 0 Å². The molecule has 0 saturated carbocycles. The molecule has 1 aliphatic rings. The summed E-state index contributed by atoms with van der Waals surface area (Å²) in [4.78, 5) is 24.6. The summed E-state index contributed by atoms with van der Waals surface area (Å²) in [7, 11) is 0. The molecule has 1 amide bonds. The minimum Gasteiger partial charge on any atom is -0.349 e. The first-order chi connectivity index (χ1) is 11.1. The van der Waals surface area contributed by atoms with Gasteiger partial charge in [-0.25, -0.2) is 0 Å². The maximum Gasteiger partial charge on any atom is 0.217 e. The predicted octanol–water partition coefficient (Wildman–Crippen LogP) is 3.62. The lowest BCUT2D eigenvalue weighted by Gasteiger charge is -2.31. The van der Waals surface area contributed by atoms with Gasteiger partial charge in [-0.3, -0.25) is 9.59 Å². The summed E-state index contributed by atoms with van der Waals surface area (Å²) in [5.41, 5.74) is 4.06. The molecule has 0 heterocycles. The third-order valence-corrected chi connectivity index (χ3v) is 4.54. The normalized spacial score (nSPS) is 18.2. The number of carbonyl (C=O) groups is 2. The molecule has 2 atom stereocenters. The Balaban J connectivity index is 1.96. The molecular weight excluding hydrogens is 286 g/mol. The number of ketones is 1. The van der Waals surface area contributed by atoms with Crippen molar-refractivity contribution in [1.29, 1.82) is 0 Å². The number of Topliss-reactive ketones (excluding diaryl/α,β-unsaturated/α-hetero) is 1. The van der Waals surface area contributed by atoms with E-state index >= 15 is 0 Å². The lowest BCUT2D eigenvalue weighted by atomic mass is 9.77. The van der Waals surface area contributed by atoms with E-state index < -0.39 is 0 Å². The van der Waals surface area contributed by atoms with Crippen LogP contribution in [0.3, 0.4) is 0 Å². The van der Waals surface area contributed by atoms with E-state index in [9.17, 15) is 9.59 Å². The first-order valence-corrected chi connectivity index (χ1v) is 8.02. The number of nitrogens with one attached hydrogen (secondary N) is 1. The van der Waals surface area contributed by atoms with E-state index in [1.54, 1.807) is 0 Å². The molecule has 0 aromatic heterocycles. The number of amides is 1. The summed E-state index contributed by atoms with van der Waals surface area (Å²) in [6.07, 6.45) is 1.63. The van der Waals surface area contributed by atoms with Gasteiger partial charge >= 0.3 is 0 Å². The van der Waals surface area contributed by atoms with E-state index in [-0.39, 0.29) is 23.7 Å². The molecule has 1 N–H and O–H groups in total. The number of aryl methyl sites for hydroxylation is 2. The van der Waals surface area contributed by atoms with Crippen molar-refractivity contribution < 1.29 is 9.59 Å². The van der Waals surface area contributed by atoms with Gasteiger partial charge in [0.2, 0.25) is 5.91 Å². The zero-order valence-corrected chi connectivity index (χ0v) is 13.5. The second kappa shape index (κ2) is 6.37. The molecule has 3 nitrogen and oxygen atoms in total. The SMILES string of the molecule is CC(=O)NC(c1ccc(C)cc1)C1CCc2ccccc2C1=O. The Bertz CT molecular complexity index is 734. The highest BCUT2D eigenvalue weighted by molar-refractivity contribution is 6.01. The van der Waals surface area contributed by atoms with Crippen LogP contribution in [0.15, 0.2) is 48.5 Å². The van der Waals surface area contributed by atoms with Crippen molar-refractivity contribution in [2.45, 2.75) is 32.7 Å². The standard InChI is InChI=1S/C20H21NO2/c1-13-7-9-16(10-8-13)19(21-14(2)22)18-12-11-15-5-3-4-6-17(15)20(18)23/h3-10,18-19H,11-12H2,1-2H3,(H,21,22). The Kier molecular flexibility index (Phi) is 4.28. The fourth-order valence-corrected chi connectivity index (χ4v) is 3.35. The Morgan fingerprint density at radius 1 is 1.13 bits per heavy atom. The first-order valence-electron chi connectivity index (χ1n) is 8.02. The number of fused-ring (bicyclic) bond motifs is 1. The number of hydrogen-bond donors (Lipinski definition) is 1. The molecule has 23 heavy (non-hydrogen) atoms. The van der Waals surface area contributed by atoms with Gasteiger partial charge in [-0.2, -0.15) is 0 Å². The van der Waals surface area contributed by atoms with Crippen LogP contribution < -0.4 is 5.32 Å². The lowest BCUT2D eigenvalue weighted by Crippen LogP contribution is -2.38. The molecule has 0 aliphatic heterocycles. The smallest absolute Gasteiger partial charge is 0.217 e. The molecular formula is C20H21NO2. The molecule has 1 aliphatic carbocycles. The largest absolute Gasteiger partial charge is 0.349 e. The monoisotopic (exact) mass is 307 g/mol. The van der Waals surface area contributed by atoms with Crippen molar-refractivity contribution in [3.63, 3.8) is 0 Å². The number of carbonyl (C=O) groups excluding carboxylic acids is 2. The van der Waals surface area contributed by atoms with Gasteiger partial charge in [-0.1, -0.05) is 54.1 Å². The zero-order valence-electron chi connectivity index (χ0n) is 13.5. The zero-order chi connectivity index (χ0) is 16.4. The van der Waals surface area contributed by atoms with Crippen LogP contribution in [0, 0.1) is 12.8 Å². The van der Waals surface area contributed by atoms with Crippen LogP contribution in [0.4, 0.5) is 0 Å². The predicted molar refractivity (Wildman–Crippen MR) is 90.3 cm³/mol. The molecule has 2 aromatic carbocycles. The minimum atomic E-state index is -0.269. The van der Waals surface area contributed by atoms with Gasteiger partial charge in [0.05, 0.1) is 6.04 Å². The second-order valence-corrected chi connectivity index (χ2v) is 6.26. The summed E-state index contributed by atoms with van der Waals surface area (Å²) >= 11 is 0. The number of benzene rings is 2. The Morgan fingerprint density at radius 2 is 1.83 bits per heavy atom. The van der Waals surface area contributed by atoms with Crippen LogP contribution in [0.25, 0.3) is 0 Å². The molecule has 2 aromatic rings. The highest BCUT2D eigenvalue weighted by Gasteiger charge is 2.34. The van der Waals surface area contributed by atoms with Gasteiger partial charge < -0.3 is 5.32 Å². The molecule has 0 bridgehead atoms. The second-order valence-electron chi connectivity index (χ2n) is 6.26. The topological polar surface area (TPSA) is 46.2 Å². The highest BCUT2D eigenvalue weighted by Crippen LogP contribution is 2.34. The summed E-state index contributed by atoms with van der Waals surface area (Å²) in [5, 5.41) is 2.99. The number of rotatable bonds is 3. The summed E-state index contributed by atoms with van der Waals surface area (Å²) < 4.78 is 0. The summed E-state index contributed by atoms with van der Waals surface area (Å²) in [6.45, 7) is 3.53.